The highest BCUT2D eigenvalue weighted by atomic mass is 32.2. The Morgan fingerprint density at radius 2 is 2.00 bits per heavy atom. The van der Waals surface area contributed by atoms with Crippen molar-refractivity contribution in [3.63, 3.8) is 0 Å². The molecule has 2 N–H and O–H groups in total. The van der Waals surface area contributed by atoms with Crippen LogP contribution in [0.4, 0.5) is 0 Å². The predicted octanol–water partition coefficient (Wildman–Crippen LogP) is 1.14. The Labute approximate surface area is 93.4 Å². The summed E-state index contributed by atoms with van der Waals surface area (Å²) in [5.74, 6) is 1.30. The summed E-state index contributed by atoms with van der Waals surface area (Å²) >= 11 is 1.56. The van der Waals surface area contributed by atoms with Crippen molar-refractivity contribution in [2.75, 3.05) is 12.4 Å². The van der Waals surface area contributed by atoms with Gasteiger partial charge in [-0.1, -0.05) is 12.1 Å². The molecule has 0 aliphatic heterocycles. The van der Waals surface area contributed by atoms with E-state index in [2.05, 4.69) is 6.07 Å². The molecule has 0 amide bonds. The quantitative estimate of drug-likeness (QED) is 0.785. The van der Waals surface area contributed by atoms with Crippen LogP contribution in [0, 0.1) is 11.3 Å². The first-order valence-electron chi connectivity index (χ1n) is 4.62. The number of benzene rings is 1. The van der Waals surface area contributed by atoms with Gasteiger partial charge in [0, 0.05) is 11.5 Å². The summed E-state index contributed by atoms with van der Waals surface area (Å²) in [5, 5.41) is 26.3. The molecule has 1 rings (SSSR count). The van der Waals surface area contributed by atoms with Gasteiger partial charge < -0.3 is 10.2 Å². The zero-order valence-corrected chi connectivity index (χ0v) is 9.07. The van der Waals surface area contributed by atoms with Crippen LogP contribution in [0.1, 0.15) is 11.1 Å². The van der Waals surface area contributed by atoms with Gasteiger partial charge in [-0.05, 0) is 17.7 Å². The van der Waals surface area contributed by atoms with Crippen LogP contribution in [0.25, 0.3) is 0 Å². The lowest BCUT2D eigenvalue weighted by Crippen LogP contribution is -2.14. The largest absolute Gasteiger partial charge is 0.394 e. The zero-order chi connectivity index (χ0) is 11.1. The Hall–Kier alpha value is -1.02. The van der Waals surface area contributed by atoms with Gasteiger partial charge >= 0.3 is 0 Å². The summed E-state index contributed by atoms with van der Waals surface area (Å²) in [4.78, 5) is 0. The van der Waals surface area contributed by atoms with Gasteiger partial charge in [0.15, 0.2) is 0 Å². The van der Waals surface area contributed by atoms with Gasteiger partial charge in [-0.3, -0.25) is 0 Å². The molecule has 0 aromatic heterocycles. The number of rotatable bonds is 5. The molecule has 0 saturated heterocycles. The first kappa shape index (κ1) is 12.1. The summed E-state index contributed by atoms with van der Waals surface area (Å²) < 4.78 is 0. The third-order valence-corrected chi connectivity index (χ3v) is 3.03. The topological polar surface area (TPSA) is 64.2 Å². The molecule has 0 bridgehead atoms. The molecular formula is C11H13NO2S. The van der Waals surface area contributed by atoms with Gasteiger partial charge in [-0.15, -0.1) is 0 Å². The van der Waals surface area contributed by atoms with Crippen molar-refractivity contribution in [2.45, 2.75) is 11.9 Å². The minimum Gasteiger partial charge on any atom is -0.394 e. The molecule has 0 aliphatic rings. The molecule has 1 aromatic carbocycles. The molecule has 15 heavy (non-hydrogen) atoms. The standard InChI is InChI=1S/C11H13NO2S/c12-5-9-1-3-10(4-2-9)7-15-8-11(14)6-13/h1-4,11,13-14H,6-8H2. The third kappa shape index (κ3) is 4.34. The smallest absolute Gasteiger partial charge is 0.0991 e. The van der Waals surface area contributed by atoms with Gasteiger partial charge in [0.2, 0.25) is 0 Å². The molecule has 0 radical (unpaired) electrons. The molecule has 3 nitrogen and oxygen atoms in total. The predicted molar refractivity (Wildman–Crippen MR) is 60.4 cm³/mol. The molecule has 1 unspecified atom stereocenters. The fraction of sp³-hybridized carbons (Fsp3) is 0.364. The average Bonchev–Trinajstić information content (AvgIpc) is 2.29. The minimum absolute atomic E-state index is 0.194. The molecule has 0 saturated carbocycles. The van der Waals surface area contributed by atoms with E-state index >= 15 is 0 Å². The van der Waals surface area contributed by atoms with E-state index in [9.17, 15) is 0 Å². The number of aliphatic hydroxyl groups is 2. The van der Waals surface area contributed by atoms with Crippen LogP contribution in [-0.2, 0) is 5.75 Å². The second-order valence-electron chi connectivity index (χ2n) is 3.16. The van der Waals surface area contributed by atoms with Gasteiger partial charge in [0.25, 0.3) is 0 Å². The highest BCUT2D eigenvalue weighted by Gasteiger charge is 2.01. The van der Waals surface area contributed by atoms with Crippen LogP contribution in [0.15, 0.2) is 24.3 Å². The summed E-state index contributed by atoms with van der Waals surface area (Å²) in [7, 11) is 0. The first-order chi connectivity index (χ1) is 7.26. The van der Waals surface area contributed by atoms with Gasteiger partial charge in [-0.2, -0.15) is 17.0 Å². The second kappa shape index (κ2) is 6.46. The molecule has 1 aromatic rings. The van der Waals surface area contributed by atoms with Crippen molar-refractivity contribution in [3.8, 4) is 6.07 Å². The van der Waals surface area contributed by atoms with Crippen molar-refractivity contribution in [2.24, 2.45) is 0 Å². The zero-order valence-electron chi connectivity index (χ0n) is 8.26. The van der Waals surface area contributed by atoms with Crippen molar-refractivity contribution in [1.82, 2.24) is 0 Å². The number of thioether (sulfide) groups is 1. The maximum Gasteiger partial charge on any atom is 0.0991 e. The van der Waals surface area contributed by atoms with Crippen molar-refractivity contribution in [1.29, 1.82) is 5.26 Å². The Morgan fingerprint density at radius 3 is 2.53 bits per heavy atom. The van der Waals surface area contributed by atoms with Crippen LogP contribution >= 0.6 is 11.8 Å². The number of nitrogens with zero attached hydrogens (tertiary/aromatic N) is 1. The third-order valence-electron chi connectivity index (χ3n) is 1.87. The molecule has 4 heteroatoms. The lowest BCUT2D eigenvalue weighted by molar-refractivity contribution is 0.113. The highest BCUT2D eigenvalue weighted by Crippen LogP contribution is 2.13. The van der Waals surface area contributed by atoms with E-state index in [4.69, 9.17) is 15.5 Å². The Morgan fingerprint density at radius 1 is 1.33 bits per heavy atom. The second-order valence-corrected chi connectivity index (χ2v) is 4.19. The number of aliphatic hydroxyl groups excluding tert-OH is 2. The lowest BCUT2D eigenvalue weighted by Gasteiger charge is -2.06. The van der Waals surface area contributed by atoms with E-state index in [1.807, 2.05) is 12.1 Å². The van der Waals surface area contributed by atoms with Crippen LogP contribution in [0.3, 0.4) is 0 Å². The van der Waals surface area contributed by atoms with E-state index in [1.165, 1.54) is 0 Å². The summed E-state index contributed by atoms with van der Waals surface area (Å²) in [6.07, 6.45) is -0.645. The molecule has 0 heterocycles. The van der Waals surface area contributed by atoms with Crippen molar-refractivity contribution in [3.05, 3.63) is 35.4 Å². The van der Waals surface area contributed by atoms with Crippen LogP contribution in [0.5, 0.6) is 0 Å². The molecule has 80 valence electrons. The SMILES string of the molecule is N#Cc1ccc(CSCC(O)CO)cc1. The molecule has 0 spiro atoms. The fourth-order valence-electron chi connectivity index (χ4n) is 1.04. The van der Waals surface area contributed by atoms with E-state index in [0.29, 0.717) is 11.3 Å². The molecular weight excluding hydrogens is 210 g/mol. The van der Waals surface area contributed by atoms with Crippen LogP contribution in [-0.4, -0.2) is 28.7 Å². The maximum atomic E-state index is 9.10. The van der Waals surface area contributed by atoms with Crippen LogP contribution in [0.2, 0.25) is 0 Å². The number of hydrogen-bond donors (Lipinski definition) is 2. The van der Waals surface area contributed by atoms with E-state index in [1.54, 1.807) is 23.9 Å². The number of hydrogen-bond acceptors (Lipinski definition) is 4. The highest BCUT2D eigenvalue weighted by molar-refractivity contribution is 7.98. The van der Waals surface area contributed by atoms with Gasteiger partial charge in [-0.25, -0.2) is 0 Å². The summed E-state index contributed by atoms with van der Waals surface area (Å²) in [6.45, 7) is -0.194. The maximum absolute atomic E-state index is 9.10. The van der Waals surface area contributed by atoms with Gasteiger partial charge in [0.1, 0.15) is 0 Å². The van der Waals surface area contributed by atoms with E-state index in [0.717, 1.165) is 11.3 Å². The monoisotopic (exact) mass is 223 g/mol. The lowest BCUT2D eigenvalue weighted by atomic mass is 10.2. The van der Waals surface area contributed by atoms with E-state index in [-0.39, 0.29) is 6.61 Å². The molecule has 1 atom stereocenters. The Kier molecular flexibility index (Phi) is 5.19. The van der Waals surface area contributed by atoms with Crippen LogP contribution < -0.4 is 0 Å². The van der Waals surface area contributed by atoms with Gasteiger partial charge in [0.05, 0.1) is 24.3 Å². The minimum atomic E-state index is -0.645. The number of nitriles is 1. The van der Waals surface area contributed by atoms with E-state index < -0.39 is 6.10 Å². The normalized spacial score (nSPS) is 12.1. The summed E-state index contributed by atoms with van der Waals surface area (Å²) in [5.41, 5.74) is 1.77. The molecule has 0 fully saturated rings. The van der Waals surface area contributed by atoms with Crippen molar-refractivity contribution < 1.29 is 10.2 Å². The summed E-state index contributed by atoms with van der Waals surface area (Å²) in [6, 6.07) is 9.41. The fourth-order valence-corrected chi connectivity index (χ4v) is 1.96. The first-order valence-corrected chi connectivity index (χ1v) is 5.77. The average molecular weight is 223 g/mol. The van der Waals surface area contributed by atoms with Crippen molar-refractivity contribution >= 4 is 11.8 Å². The molecule has 0 aliphatic carbocycles. The Balaban J connectivity index is 2.35. The Bertz CT molecular complexity index is 331.